The molecule has 9 heteroatoms. The van der Waals surface area contributed by atoms with E-state index in [0.29, 0.717) is 30.3 Å². The van der Waals surface area contributed by atoms with Crippen LogP contribution in [0.1, 0.15) is 31.2 Å². The molecule has 178 valence electrons. The molecule has 2 aliphatic heterocycles. The van der Waals surface area contributed by atoms with E-state index < -0.39 is 10.0 Å². The van der Waals surface area contributed by atoms with Gasteiger partial charge >= 0.3 is 0 Å². The predicted octanol–water partition coefficient (Wildman–Crippen LogP) is 3.80. The molecular formula is C24H31ClN4O3S. The lowest BCUT2D eigenvalue weighted by atomic mass is 10.1. The van der Waals surface area contributed by atoms with Gasteiger partial charge in [-0.25, -0.2) is 8.42 Å². The van der Waals surface area contributed by atoms with Gasteiger partial charge in [0, 0.05) is 38.4 Å². The summed E-state index contributed by atoms with van der Waals surface area (Å²) in [4.78, 5) is 17.2. The van der Waals surface area contributed by atoms with Gasteiger partial charge in [-0.3, -0.25) is 9.69 Å². The van der Waals surface area contributed by atoms with Gasteiger partial charge in [-0.1, -0.05) is 29.8 Å². The van der Waals surface area contributed by atoms with Gasteiger partial charge in [0.2, 0.25) is 15.9 Å². The largest absolute Gasteiger partial charge is 0.371 e. The molecule has 2 heterocycles. The smallest absolute Gasteiger partial charge is 0.243 e. The van der Waals surface area contributed by atoms with Crippen LogP contribution in [0.4, 0.5) is 11.4 Å². The minimum Gasteiger partial charge on any atom is -0.371 e. The Kier molecular flexibility index (Phi) is 7.58. The van der Waals surface area contributed by atoms with Gasteiger partial charge in [0.15, 0.2) is 0 Å². The number of hydrogen-bond donors (Lipinski definition) is 1. The van der Waals surface area contributed by atoms with E-state index in [1.54, 1.807) is 0 Å². The van der Waals surface area contributed by atoms with E-state index in [1.807, 2.05) is 18.0 Å². The third-order valence-electron chi connectivity index (χ3n) is 6.21. The van der Waals surface area contributed by atoms with E-state index >= 15 is 0 Å². The molecule has 0 atom stereocenters. The normalized spacial score (nSPS) is 17.1. The van der Waals surface area contributed by atoms with Gasteiger partial charge in [0.05, 0.1) is 22.2 Å². The van der Waals surface area contributed by atoms with Crippen LogP contribution in [0.15, 0.2) is 47.4 Å². The van der Waals surface area contributed by atoms with Crippen LogP contribution in [0.25, 0.3) is 0 Å². The van der Waals surface area contributed by atoms with E-state index in [9.17, 15) is 13.2 Å². The number of benzene rings is 2. The fraction of sp³-hybridized carbons (Fsp3) is 0.458. The van der Waals surface area contributed by atoms with Crippen molar-refractivity contribution in [2.24, 2.45) is 0 Å². The Labute approximate surface area is 201 Å². The molecule has 1 N–H and O–H groups in total. The number of rotatable bonds is 8. The maximum Gasteiger partial charge on any atom is 0.243 e. The molecule has 4 rings (SSSR count). The van der Waals surface area contributed by atoms with Crippen molar-refractivity contribution in [1.29, 1.82) is 0 Å². The topological polar surface area (TPSA) is 73.0 Å². The van der Waals surface area contributed by atoms with Crippen LogP contribution in [-0.2, 0) is 21.4 Å². The molecule has 0 aromatic heterocycles. The highest BCUT2D eigenvalue weighted by Gasteiger charge is 2.28. The molecule has 7 nitrogen and oxygen atoms in total. The number of carbonyl (C=O) groups is 1. The first-order valence-electron chi connectivity index (χ1n) is 11.5. The lowest BCUT2D eigenvalue weighted by molar-refractivity contribution is -0.117. The zero-order valence-electron chi connectivity index (χ0n) is 19.0. The van der Waals surface area contributed by atoms with Crippen molar-refractivity contribution >= 4 is 38.9 Å². The van der Waals surface area contributed by atoms with Crippen molar-refractivity contribution < 1.29 is 13.2 Å². The fourth-order valence-corrected chi connectivity index (χ4v) is 6.24. The van der Waals surface area contributed by atoms with Crippen LogP contribution in [0.2, 0.25) is 5.02 Å². The number of nitrogens with zero attached hydrogens (tertiary/aromatic N) is 3. The summed E-state index contributed by atoms with van der Waals surface area (Å²) in [7, 11) is -1.68. The molecule has 2 saturated heterocycles. The number of sulfonamides is 1. The Balaban J connectivity index is 1.41. The Morgan fingerprint density at radius 3 is 2.42 bits per heavy atom. The van der Waals surface area contributed by atoms with E-state index in [4.69, 9.17) is 11.6 Å². The van der Waals surface area contributed by atoms with Crippen LogP contribution in [0.5, 0.6) is 0 Å². The van der Waals surface area contributed by atoms with Crippen LogP contribution in [0.3, 0.4) is 0 Å². The summed E-state index contributed by atoms with van der Waals surface area (Å²) in [6.07, 6.45) is 4.15. The summed E-state index contributed by atoms with van der Waals surface area (Å²) in [5, 5.41) is 3.10. The van der Waals surface area contributed by atoms with Crippen molar-refractivity contribution in [3.05, 3.63) is 53.1 Å². The monoisotopic (exact) mass is 490 g/mol. The van der Waals surface area contributed by atoms with Crippen molar-refractivity contribution in [2.45, 2.75) is 37.1 Å². The fourth-order valence-electron chi connectivity index (χ4n) is 4.53. The van der Waals surface area contributed by atoms with Crippen LogP contribution in [0, 0.1) is 0 Å². The SMILES string of the molecule is CN(CC(=O)Nc1cc(S(=O)(=O)N2CCCC2)ccc1Cl)Cc1ccccc1N1CCCC1. The summed E-state index contributed by atoms with van der Waals surface area (Å²) in [5.74, 6) is -0.242. The van der Waals surface area contributed by atoms with Gasteiger partial charge in [-0.2, -0.15) is 4.31 Å². The number of halogens is 1. The first-order chi connectivity index (χ1) is 15.8. The third kappa shape index (κ3) is 5.69. The summed E-state index contributed by atoms with van der Waals surface area (Å²) in [6.45, 7) is 3.98. The molecule has 0 aliphatic carbocycles. The number of anilines is 2. The average Bonchev–Trinajstić information content (AvgIpc) is 3.50. The minimum atomic E-state index is -3.58. The van der Waals surface area contributed by atoms with E-state index in [2.05, 4.69) is 28.4 Å². The molecule has 0 saturated carbocycles. The van der Waals surface area contributed by atoms with E-state index in [0.717, 1.165) is 25.9 Å². The Bertz CT molecular complexity index is 1100. The molecule has 0 spiro atoms. The lowest BCUT2D eigenvalue weighted by Gasteiger charge is -2.24. The zero-order valence-corrected chi connectivity index (χ0v) is 20.5. The maximum atomic E-state index is 12.9. The number of likely N-dealkylation sites (N-methyl/N-ethyl adjacent to an activating group) is 1. The molecule has 33 heavy (non-hydrogen) atoms. The summed E-state index contributed by atoms with van der Waals surface area (Å²) >= 11 is 6.27. The van der Waals surface area contributed by atoms with Crippen LogP contribution in [-0.4, -0.2) is 63.3 Å². The van der Waals surface area contributed by atoms with Crippen molar-refractivity contribution in [3.8, 4) is 0 Å². The Hall–Kier alpha value is -2.13. The molecule has 2 aromatic carbocycles. The second kappa shape index (κ2) is 10.4. The first-order valence-corrected chi connectivity index (χ1v) is 13.3. The van der Waals surface area contributed by atoms with E-state index in [-0.39, 0.29) is 17.3 Å². The predicted molar refractivity (Wildman–Crippen MR) is 132 cm³/mol. The second-order valence-corrected chi connectivity index (χ2v) is 11.1. The summed E-state index contributed by atoms with van der Waals surface area (Å²) in [6, 6.07) is 12.8. The maximum absolute atomic E-state index is 12.9. The number of amides is 1. The van der Waals surface area contributed by atoms with Crippen LogP contribution < -0.4 is 10.2 Å². The standard InChI is InChI=1S/C24H31ClN4O3S/c1-27(17-19-8-2-3-9-23(19)28-12-4-5-13-28)18-24(30)26-22-16-20(10-11-21(22)25)33(31,32)29-14-6-7-15-29/h2-3,8-11,16H,4-7,12-15,17-18H2,1H3,(H,26,30). The second-order valence-electron chi connectivity index (χ2n) is 8.80. The first kappa shape index (κ1) is 24.0. The van der Waals surface area contributed by atoms with Gasteiger partial charge < -0.3 is 10.2 Å². The van der Waals surface area contributed by atoms with Gasteiger partial charge in [0.1, 0.15) is 0 Å². The quantitative estimate of drug-likeness (QED) is 0.609. The molecule has 0 radical (unpaired) electrons. The Morgan fingerprint density at radius 1 is 1.03 bits per heavy atom. The number of nitrogens with one attached hydrogen (secondary N) is 1. The van der Waals surface area contributed by atoms with Gasteiger partial charge in [0.25, 0.3) is 0 Å². The highest BCUT2D eigenvalue weighted by molar-refractivity contribution is 7.89. The van der Waals surface area contributed by atoms with E-state index in [1.165, 1.54) is 46.6 Å². The van der Waals surface area contributed by atoms with Crippen molar-refractivity contribution in [2.75, 3.05) is 50.0 Å². The highest BCUT2D eigenvalue weighted by atomic mass is 35.5. The number of para-hydroxylation sites is 1. The summed E-state index contributed by atoms with van der Waals surface area (Å²) < 4.78 is 27.2. The number of carbonyl (C=O) groups excluding carboxylic acids is 1. The zero-order chi connectivity index (χ0) is 23.4. The molecule has 2 fully saturated rings. The molecule has 0 unspecified atom stereocenters. The van der Waals surface area contributed by atoms with Gasteiger partial charge in [-0.15, -0.1) is 0 Å². The molecule has 2 aromatic rings. The third-order valence-corrected chi connectivity index (χ3v) is 8.43. The van der Waals surface area contributed by atoms with Crippen molar-refractivity contribution in [3.63, 3.8) is 0 Å². The lowest BCUT2D eigenvalue weighted by Crippen LogP contribution is -2.31. The molecular weight excluding hydrogens is 460 g/mol. The Morgan fingerprint density at radius 2 is 1.70 bits per heavy atom. The summed E-state index contributed by atoms with van der Waals surface area (Å²) in [5.41, 5.74) is 2.73. The van der Waals surface area contributed by atoms with Gasteiger partial charge in [-0.05, 0) is 62.6 Å². The molecule has 2 aliphatic rings. The average molecular weight is 491 g/mol. The van der Waals surface area contributed by atoms with Crippen LogP contribution >= 0.6 is 11.6 Å². The number of hydrogen-bond acceptors (Lipinski definition) is 5. The molecule has 0 bridgehead atoms. The highest BCUT2D eigenvalue weighted by Crippen LogP contribution is 2.29. The minimum absolute atomic E-state index is 0.150. The van der Waals surface area contributed by atoms with Crippen molar-refractivity contribution in [1.82, 2.24) is 9.21 Å². The molecule has 1 amide bonds.